The predicted molar refractivity (Wildman–Crippen MR) is 143 cm³/mol. The standard InChI is InChI=1S/C27H36ClN3O4/c1-26(2,3)35-25(32)31-16-7-18-33-22-12-8-20(9-13-22)27(4,5)21-10-14-23(15-11-21)34-19-17-30-24(28)29-6/h8-15,17H,7,16,18-19H2,1-6H3,(H,31,32)/b29-24?,30-17+. The number of carbonyl (C=O) groups is 1. The molecule has 2 rings (SSSR count). The van der Waals surface area contributed by atoms with Crippen LogP contribution in [0.2, 0.25) is 0 Å². The van der Waals surface area contributed by atoms with Crippen LogP contribution < -0.4 is 14.8 Å². The predicted octanol–water partition coefficient (Wildman–Crippen LogP) is 5.98. The van der Waals surface area contributed by atoms with Gasteiger partial charge in [-0.1, -0.05) is 38.1 Å². The number of carbonyl (C=O) groups excluding carboxylic acids is 1. The van der Waals surface area contributed by atoms with E-state index in [2.05, 4.69) is 53.4 Å². The summed E-state index contributed by atoms with van der Waals surface area (Å²) in [6, 6.07) is 16.1. The number of nitrogens with one attached hydrogen (secondary N) is 1. The molecular formula is C27H36ClN3O4. The van der Waals surface area contributed by atoms with Crippen LogP contribution in [-0.4, -0.2) is 50.0 Å². The molecule has 0 bridgehead atoms. The lowest BCUT2D eigenvalue weighted by Crippen LogP contribution is -2.33. The van der Waals surface area contributed by atoms with E-state index in [1.807, 2.05) is 45.0 Å². The molecule has 0 radical (unpaired) electrons. The molecule has 0 unspecified atom stereocenters. The van der Waals surface area contributed by atoms with E-state index in [1.54, 1.807) is 13.3 Å². The number of amidine groups is 1. The minimum Gasteiger partial charge on any atom is -0.494 e. The molecule has 35 heavy (non-hydrogen) atoms. The number of alkyl carbamates (subject to hydrolysis) is 1. The van der Waals surface area contributed by atoms with Crippen molar-refractivity contribution in [1.29, 1.82) is 0 Å². The van der Waals surface area contributed by atoms with Crippen LogP contribution in [0.5, 0.6) is 11.5 Å². The van der Waals surface area contributed by atoms with E-state index in [0.29, 0.717) is 26.2 Å². The van der Waals surface area contributed by atoms with Crippen molar-refractivity contribution in [3.8, 4) is 11.5 Å². The Hall–Kier alpha value is -3.06. The molecule has 0 aliphatic rings. The van der Waals surface area contributed by atoms with Crippen molar-refractivity contribution >= 4 is 29.2 Å². The molecule has 0 heterocycles. The fraction of sp³-hybridized carbons (Fsp3) is 0.444. The second-order valence-electron chi connectivity index (χ2n) is 9.42. The number of halogens is 1. The van der Waals surface area contributed by atoms with Crippen molar-refractivity contribution in [2.75, 3.05) is 26.8 Å². The number of hydrogen-bond acceptors (Lipinski definition) is 5. The second kappa shape index (κ2) is 13.1. The molecule has 1 N–H and O–H groups in total. The minimum atomic E-state index is -0.500. The topological polar surface area (TPSA) is 81.5 Å². The van der Waals surface area contributed by atoms with Crippen molar-refractivity contribution in [2.24, 2.45) is 9.98 Å². The summed E-state index contributed by atoms with van der Waals surface area (Å²) in [5.41, 5.74) is 1.65. The third-order valence-electron chi connectivity index (χ3n) is 5.12. The zero-order valence-electron chi connectivity index (χ0n) is 21.4. The Kier molecular flexibility index (Phi) is 10.6. The highest BCUT2D eigenvalue weighted by Gasteiger charge is 2.23. The van der Waals surface area contributed by atoms with Gasteiger partial charge in [0.15, 0.2) is 0 Å². The smallest absolute Gasteiger partial charge is 0.407 e. The lowest BCUT2D eigenvalue weighted by molar-refractivity contribution is 0.0525. The van der Waals surface area contributed by atoms with Crippen LogP contribution in [0.1, 0.15) is 52.2 Å². The number of hydrogen-bond donors (Lipinski definition) is 1. The summed E-state index contributed by atoms with van der Waals surface area (Å²) in [6.45, 7) is 11.2. The van der Waals surface area contributed by atoms with Gasteiger partial charge in [0.25, 0.3) is 0 Å². The van der Waals surface area contributed by atoms with Gasteiger partial charge in [-0.25, -0.2) is 9.79 Å². The monoisotopic (exact) mass is 501 g/mol. The normalized spacial score (nSPS) is 12.5. The highest BCUT2D eigenvalue weighted by Crippen LogP contribution is 2.33. The maximum Gasteiger partial charge on any atom is 0.407 e. The van der Waals surface area contributed by atoms with Crippen LogP contribution in [0, 0.1) is 0 Å². The van der Waals surface area contributed by atoms with Gasteiger partial charge in [0.2, 0.25) is 5.29 Å². The van der Waals surface area contributed by atoms with Gasteiger partial charge in [-0.15, -0.1) is 0 Å². The van der Waals surface area contributed by atoms with Gasteiger partial charge in [0.1, 0.15) is 23.7 Å². The summed E-state index contributed by atoms with van der Waals surface area (Å²) in [5, 5.41) is 2.92. The maximum atomic E-state index is 11.7. The third kappa shape index (κ3) is 9.99. The van der Waals surface area contributed by atoms with Crippen LogP contribution in [0.4, 0.5) is 4.79 Å². The molecule has 0 aromatic heterocycles. The molecule has 7 nitrogen and oxygen atoms in total. The van der Waals surface area contributed by atoms with E-state index in [4.69, 9.17) is 25.8 Å². The lowest BCUT2D eigenvalue weighted by Gasteiger charge is -2.26. The van der Waals surface area contributed by atoms with Gasteiger partial charge in [0, 0.05) is 25.2 Å². The molecule has 0 spiro atoms. The zero-order valence-corrected chi connectivity index (χ0v) is 22.2. The molecule has 0 saturated heterocycles. The molecule has 0 aliphatic carbocycles. The number of ether oxygens (including phenoxy) is 3. The number of nitrogens with zero attached hydrogens (tertiary/aromatic N) is 2. The van der Waals surface area contributed by atoms with Crippen molar-refractivity contribution < 1.29 is 19.0 Å². The molecule has 0 fully saturated rings. The molecule has 0 aliphatic heterocycles. The van der Waals surface area contributed by atoms with Crippen LogP contribution in [0.25, 0.3) is 0 Å². The van der Waals surface area contributed by atoms with Gasteiger partial charge < -0.3 is 19.5 Å². The number of aliphatic imine (C=N–C) groups is 2. The summed E-state index contributed by atoms with van der Waals surface area (Å²) in [7, 11) is 1.58. The molecule has 0 saturated carbocycles. The Balaban J connectivity index is 1.83. The van der Waals surface area contributed by atoms with Crippen molar-refractivity contribution in [2.45, 2.75) is 52.1 Å². The zero-order chi connectivity index (χ0) is 25.9. The van der Waals surface area contributed by atoms with Crippen LogP contribution in [0.3, 0.4) is 0 Å². The molecule has 2 aromatic rings. The average molecular weight is 502 g/mol. The van der Waals surface area contributed by atoms with Gasteiger partial charge >= 0.3 is 6.09 Å². The number of benzene rings is 2. The van der Waals surface area contributed by atoms with E-state index < -0.39 is 11.7 Å². The molecule has 190 valence electrons. The van der Waals surface area contributed by atoms with Crippen molar-refractivity contribution in [3.63, 3.8) is 0 Å². The van der Waals surface area contributed by atoms with E-state index in [-0.39, 0.29) is 10.7 Å². The Bertz CT molecular complexity index is 995. The number of amides is 1. The average Bonchev–Trinajstić information content (AvgIpc) is 2.81. The van der Waals surface area contributed by atoms with Gasteiger partial charge in [-0.2, -0.15) is 0 Å². The van der Waals surface area contributed by atoms with E-state index in [0.717, 1.165) is 11.5 Å². The molecule has 8 heteroatoms. The molecule has 1 amide bonds. The van der Waals surface area contributed by atoms with E-state index in [1.165, 1.54) is 11.1 Å². The SMILES string of the molecule is CN=C(Cl)/N=C/COc1ccc(C(C)(C)c2ccc(OCCCNC(=O)OC(C)(C)C)cc2)cc1. The highest BCUT2D eigenvalue weighted by atomic mass is 35.5. The number of rotatable bonds is 10. The summed E-state index contributed by atoms with van der Waals surface area (Å²) in [6.07, 6.45) is 1.85. The second-order valence-corrected chi connectivity index (χ2v) is 9.76. The van der Waals surface area contributed by atoms with Crippen LogP contribution >= 0.6 is 11.6 Å². The first-order valence-corrected chi connectivity index (χ1v) is 12.0. The van der Waals surface area contributed by atoms with Crippen LogP contribution in [-0.2, 0) is 10.2 Å². The van der Waals surface area contributed by atoms with Gasteiger partial charge in [0.05, 0.1) is 6.61 Å². The Labute approximate surface area is 213 Å². The molecule has 2 aromatic carbocycles. The summed E-state index contributed by atoms with van der Waals surface area (Å²) >= 11 is 5.72. The lowest BCUT2D eigenvalue weighted by atomic mass is 9.78. The summed E-state index contributed by atoms with van der Waals surface area (Å²) in [4.78, 5) is 19.3. The highest BCUT2D eigenvalue weighted by molar-refractivity contribution is 6.65. The molecule has 0 atom stereocenters. The molecular weight excluding hydrogens is 466 g/mol. The van der Waals surface area contributed by atoms with Crippen molar-refractivity contribution in [1.82, 2.24) is 5.32 Å². The van der Waals surface area contributed by atoms with Crippen molar-refractivity contribution in [3.05, 3.63) is 59.7 Å². The van der Waals surface area contributed by atoms with Crippen LogP contribution in [0.15, 0.2) is 58.5 Å². The van der Waals surface area contributed by atoms with Gasteiger partial charge in [-0.05, 0) is 74.2 Å². The first-order valence-electron chi connectivity index (χ1n) is 11.6. The third-order valence-corrected chi connectivity index (χ3v) is 5.38. The van der Waals surface area contributed by atoms with Gasteiger partial charge in [-0.3, -0.25) is 4.99 Å². The fourth-order valence-electron chi connectivity index (χ4n) is 3.17. The Morgan fingerprint density at radius 2 is 1.49 bits per heavy atom. The van der Waals surface area contributed by atoms with E-state index in [9.17, 15) is 4.79 Å². The first kappa shape index (κ1) is 28.2. The Morgan fingerprint density at radius 3 is 2.00 bits per heavy atom. The summed E-state index contributed by atoms with van der Waals surface area (Å²) < 4.78 is 16.7. The summed E-state index contributed by atoms with van der Waals surface area (Å²) in [5.74, 6) is 1.55. The fourth-order valence-corrected chi connectivity index (χ4v) is 3.24. The maximum absolute atomic E-state index is 11.7. The quantitative estimate of drug-likeness (QED) is 0.188. The minimum absolute atomic E-state index is 0.192. The van der Waals surface area contributed by atoms with E-state index >= 15 is 0 Å². The largest absolute Gasteiger partial charge is 0.494 e. The first-order chi connectivity index (χ1) is 16.5. The Morgan fingerprint density at radius 1 is 0.943 bits per heavy atom.